The highest BCUT2D eigenvalue weighted by Gasteiger charge is 2.21. The van der Waals surface area contributed by atoms with Crippen LogP contribution in [-0.2, 0) is 6.54 Å². The minimum absolute atomic E-state index is 0.192. The molecule has 22 heavy (non-hydrogen) atoms. The van der Waals surface area contributed by atoms with Crippen LogP contribution in [0.1, 0.15) is 24.1 Å². The molecular formula is C16H19ClN4O. The molecule has 3 rings (SSSR count). The number of hydrogen-bond donors (Lipinski definition) is 0. The summed E-state index contributed by atoms with van der Waals surface area (Å²) >= 11 is 5.86. The molecule has 0 atom stereocenters. The molecule has 0 N–H and O–H groups in total. The van der Waals surface area contributed by atoms with Gasteiger partial charge in [-0.1, -0.05) is 11.6 Å². The smallest absolute Gasteiger partial charge is 0.316 e. The molecule has 1 aliphatic heterocycles. The molecule has 0 bridgehead atoms. The lowest BCUT2D eigenvalue weighted by atomic mass is 10.1. The van der Waals surface area contributed by atoms with Crippen LogP contribution in [0.25, 0.3) is 0 Å². The third-order valence-electron chi connectivity index (χ3n) is 3.74. The fraction of sp³-hybridized carbons (Fsp3) is 0.438. The van der Waals surface area contributed by atoms with Crippen LogP contribution in [0.5, 0.6) is 6.01 Å². The van der Waals surface area contributed by atoms with Crippen LogP contribution in [0.3, 0.4) is 0 Å². The molecule has 1 fully saturated rings. The first-order valence-corrected chi connectivity index (χ1v) is 7.85. The molecule has 2 aromatic heterocycles. The van der Waals surface area contributed by atoms with Crippen LogP contribution >= 0.6 is 11.6 Å². The summed E-state index contributed by atoms with van der Waals surface area (Å²) in [5, 5.41) is 0.675. The van der Waals surface area contributed by atoms with Crippen molar-refractivity contribution in [1.82, 2.24) is 19.9 Å². The Morgan fingerprint density at radius 2 is 1.86 bits per heavy atom. The van der Waals surface area contributed by atoms with Crippen molar-refractivity contribution in [3.8, 4) is 6.01 Å². The van der Waals surface area contributed by atoms with Gasteiger partial charge in [0.25, 0.3) is 0 Å². The van der Waals surface area contributed by atoms with E-state index in [2.05, 4.69) is 19.9 Å². The molecule has 0 radical (unpaired) electrons. The lowest BCUT2D eigenvalue weighted by Gasteiger charge is -2.31. The van der Waals surface area contributed by atoms with Crippen LogP contribution in [0.15, 0.2) is 30.7 Å². The first-order valence-electron chi connectivity index (χ1n) is 7.47. The maximum absolute atomic E-state index is 5.86. The van der Waals surface area contributed by atoms with E-state index < -0.39 is 0 Å². The van der Waals surface area contributed by atoms with Gasteiger partial charge in [0.15, 0.2) is 0 Å². The Labute approximate surface area is 135 Å². The van der Waals surface area contributed by atoms with Crippen LogP contribution in [-0.4, -0.2) is 39.0 Å². The van der Waals surface area contributed by atoms with Crippen molar-refractivity contribution in [2.45, 2.75) is 32.4 Å². The van der Waals surface area contributed by atoms with Crippen molar-refractivity contribution in [3.05, 3.63) is 47.0 Å². The predicted molar refractivity (Wildman–Crippen MR) is 84.9 cm³/mol. The summed E-state index contributed by atoms with van der Waals surface area (Å²) in [6.07, 6.45) is 7.40. The molecule has 3 heterocycles. The largest absolute Gasteiger partial charge is 0.460 e. The average Bonchev–Trinajstić information content (AvgIpc) is 2.54. The van der Waals surface area contributed by atoms with Crippen LogP contribution in [0.2, 0.25) is 5.02 Å². The van der Waals surface area contributed by atoms with Crippen molar-refractivity contribution in [2.24, 2.45) is 0 Å². The molecule has 5 nitrogen and oxygen atoms in total. The van der Waals surface area contributed by atoms with Gasteiger partial charge in [0.05, 0.1) is 10.7 Å². The van der Waals surface area contributed by atoms with E-state index in [0.717, 1.165) is 43.7 Å². The number of likely N-dealkylation sites (tertiary alicyclic amines) is 1. The predicted octanol–water partition coefficient (Wildman–Crippen LogP) is 2.88. The van der Waals surface area contributed by atoms with Crippen LogP contribution in [0, 0.1) is 6.92 Å². The molecule has 116 valence electrons. The van der Waals surface area contributed by atoms with E-state index in [0.29, 0.717) is 11.0 Å². The zero-order valence-electron chi connectivity index (χ0n) is 12.6. The number of aryl methyl sites for hydroxylation is 1. The van der Waals surface area contributed by atoms with Gasteiger partial charge < -0.3 is 4.74 Å². The highest BCUT2D eigenvalue weighted by atomic mass is 35.5. The van der Waals surface area contributed by atoms with E-state index >= 15 is 0 Å². The summed E-state index contributed by atoms with van der Waals surface area (Å²) in [5.41, 5.74) is 2.09. The van der Waals surface area contributed by atoms with Gasteiger partial charge in [0.2, 0.25) is 0 Å². The molecule has 0 aromatic carbocycles. The number of rotatable bonds is 4. The molecule has 1 aliphatic rings. The third kappa shape index (κ3) is 4.15. The maximum Gasteiger partial charge on any atom is 0.316 e. The molecule has 0 amide bonds. The zero-order chi connectivity index (χ0) is 15.4. The maximum atomic E-state index is 5.86. The van der Waals surface area contributed by atoms with Crippen molar-refractivity contribution >= 4 is 11.6 Å². The van der Waals surface area contributed by atoms with E-state index in [1.807, 2.05) is 19.1 Å². The number of halogens is 1. The Morgan fingerprint density at radius 3 is 2.50 bits per heavy atom. The highest BCUT2D eigenvalue weighted by Crippen LogP contribution is 2.17. The summed E-state index contributed by atoms with van der Waals surface area (Å²) in [5.74, 6) is 0. The molecule has 0 aliphatic carbocycles. The average molecular weight is 319 g/mol. The second kappa shape index (κ2) is 7.03. The Balaban J connectivity index is 1.47. The third-order valence-corrected chi connectivity index (χ3v) is 3.96. The van der Waals surface area contributed by atoms with Crippen molar-refractivity contribution in [1.29, 1.82) is 0 Å². The van der Waals surface area contributed by atoms with Gasteiger partial charge in [-0.15, -0.1) is 0 Å². The Kier molecular flexibility index (Phi) is 4.85. The highest BCUT2D eigenvalue weighted by molar-refractivity contribution is 6.30. The molecule has 1 saturated heterocycles. The van der Waals surface area contributed by atoms with Gasteiger partial charge in [-0.2, -0.15) is 0 Å². The number of hydrogen-bond acceptors (Lipinski definition) is 5. The number of nitrogens with zero attached hydrogens (tertiary/aromatic N) is 4. The molecule has 0 unspecified atom stereocenters. The number of aromatic nitrogens is 3. The van der Waals surface area contributed by atoms with E-state index in [4.69, 9.17) is 16.3 Å². The second-order valence-corrected chi connectivity index (χ2v) is 6.04. The first-order chi connectivity index (χ1) is 10.7. The Hall–Kier alpha value is -1.72. The Morgan fingerprint density at radius 1 is 1.14 bits per heavy atom. The van der Waals surface area contributed by atoms with Gasteiger partial charge in [-0.05, 0) is 37.5 Å². The van der Waals surface area contributed by atoms with Gasteiger partial charge >= 0.3 is 6.01 Å². The summed E-state index contributed by atoms with van der Waals surface area (Å²) in [7, 11) is 0. The van der Waals surface area contributed by atoms with E-state index in [9.17, 15) is 0 Å². The lowest BCUT2D eigenvalue weighted by Crippen LogP contribution is -2.38. The first kappa shape index (κ1) is 15.2. The van der Waals surface area contributed by atoms with Gasteiger partial charge in [0, 0.05) is 38.2 Å². The van der Waals surface area contributed by atoms with Gasteiger partial charge in [0.1, 0.15) is 6.10 Å². The normalized spacial score (nSPS) is 16.6. The van der Waals surface area contributed by atoms with Crippen molar-refractivity contribution in [3.63, 3.8) is 0 Å². The van der Waals surface area contributed by atoms with E-state index in [1.54, 1.807) is 18.6 Å². The fourth-order valence-corrected chi connectivity index (χ4v) is 2.62. The monoisotopic (exact) mass is 318 g/mol. The summed E-state index contributed by atoms with van der Waals surface area (Å²) in [4.78, 5) is 15.1. The van der Waals surface area contributed by atoms with Crippen molar-refractivity contribution in [2.75, 3.05) is 13.1 Å². The quantitative estimate of drug-likeness (QED) is 0.867. The molecule has 2 aromatic rings. The number of piperidine rings is 1. The van der Waals surface area contributed by atoms with Gasteiger partial charge in [-0.25, -0.2) is 9.97 Å². The summed E-state index contributed by atoms with van der Waals surface area (Å²) in [6, 6.07) is 4.34. The second-order valence-electron chi connectivity index (χ2n) is 5.60. The molecule has 0 spiro atoms. The standard InChI is InChI=1S/C16H19ClN4O/c1-12-8-19-16(20-9-12)22-15-4-6-21(7-5-15)11-14-3-2-13(17)10-18-14/h2-3,8-10,15H,4-7,11H2,1H3. The van der Waals surface area contributed by atoms with Crippen LogP contribution in [0.4, 0.5) is 0 Å². The van der Waals surface area contributed by atoms with E-state index in [-0.39, 0.29) is 6.10 Å². The number of ether oxygens (including phenoxy) is 1. The SMILES string of the molecule is Cc1cnc(OC2CCN(Cc3ccc(Cl)cn3)CC2)nc1. The molecule has 0 saturated carbocycles. The Bertz CT molecular complexity index is 539. The van der Waals surface area contributed by atoms with Crippen molar-refractivity contribution < 1.29 is 4.74 Å². The minimum atomic E-state index is 0.192. The lowest BCUT2D eigenvalue weighted by molar-refractivity contribution is 0.0886. The fourth-order valence-electron chi connectivity index (χ4n) is 2.50. The summed E-state index contributed by atoms with van der Waals surface area (Å²) in [6.45, 7) is 4.79. The molecule has 6 heteroatoms. The number of pyridine rings is 1. The van der Waals surface area contributed by atoms with Crippen LogP contribution < -0.4 is 4.74 Å². The van der Waals surface area contributed by atoms with E-state index in [1.165, 1.54) is 0 Å². The summed E-state index contributed by atoms with van der Waals surface area (Å²) < 4.78 is 5.84. The minimum Gasteiger partial charge on any atom is -0.460 e. The topological polar surface area (TPSA) is 51.1 Å². The molecular weight excluding hydrogens is 300 g/mol. The zero-order valence-corrected chi connectivity index (χ0v) is 13.3. The van der Waals surface area contributed by atoms with Gasteiger partial charge in [-0.3, -0.25) is 9.88 Å².